The molecule has 0 aliphatic rings. The van der Waals surface area contributed by atoms with Gasteiger partial charge in [0, 0.05) is 18.7 Å². The van der Waals surface area contributed by atoms with E-state index in [4.69, 9.17) is 4.74 Å². The van der Waals surface area contributed by atoms with Crippen molar-refractivity contribution in [2.75, 3.05) is 13.1 Å². The fourth-order valence-electron chi connectivity index (χ4n) is 1.78. The lowest BCUT2D eigenvalue weighted by Crippen LogP contribution is -2.41. The average Bonchev–Trinajstić information content (AvgIpc) is 2.42. The number of ether oxygens (including phenoxy) is 1. The van der Waals surface area contributed by atoms with Gasteiger partial charge in [-0.3, -0.25) is 4.79 Å². The third-order valence-electron chi connectivity index (χ3n) is 2.84. The Morgan fingerprint density at radius 1 is 1.27 bits per heavy atom. The summed E-state index contributed by atoms with van der Waals surface area (Å²) in [5, 5.41) is 2.41. The minimum Gasteiger partial charge on any atom is -0.444 e. The zero-order valence-corrected chi connectivity index (χ0v) is 13.5. The third kappa shape index (κ3) is 6.11. The van der Waals surface area contributed by atoms with Crippen LogP contribution in [-0.2, 0) is 16.1 Å². The number of likely N-dealkylation sites (N-methyl/N-ethyl adjacent to an activating group) is 1. The van der Waals surface area contributed by atoms with E-state index in [-0.39, 0.29) is 24.8 Å². The number of carbonyl (C=O) groups excluding carboxylic acids is 2. The molecule has 0 aliphatic carbocycles. The molecule has 1 N–H and O–H groups in total. The highest BCUT2D eigenvalue weighted by Gasteiger charge is 2.19. The Hall–Kier alpha value is -2.11. The highest BCUT2D eigenvalue weighted by molar-refractivity contribution is 5.82. The summed E-state index contributed by atoms with van der Waals surface area (Å²) in [4.78, 5) is 25.1. The summed E-state index contributed by atoms with van der Waals surface area (Å²) < 4.78 is 18.7. The van der Waals surface area contributed by atoms with Gasteiger partial charge in [0.2, 0.25) is 5.91 Å². The Balaban J connectivity index is 2.55. The van der Waals surface area contributed by atoms with E-state index in [1.165, 1.54) is 11.0 Å². The fourth-order valence-corrected chi connectivity index (χ4v) is 1.78. The van der Waals surface area contributed by atoms with Gasteiger partial charge in [0.25, 0.3) is 0 Å². The van der Waals surface area contributed by atoms with Crippen LogP contribution in [0.15, 0.2) is 24.3 Å². The lowest BCUT2D eigenvalue weighted by Gasteiger charge is -2.23. The molecule has 0 unspecified atom stereocenters. The normalized spacial score (nSPS) is 11.0. The van der Waals surface area contributed by atoms with Crippen LogP contribution >= 0.6 is 0 Å². The molecule has 2 amide bonds. The molecule has 122 valence electrons. The number of amides is 2. The Morgan fingerprint density at radius 2 is 1.91 bits per heavy atom. The summed E-state index contributed by atoms with van der Waals surface area (Å²) in [5.41, 5.74) is -0.181. The number of nitrogens with one attached hydrogen (secondary N) is 1. The SMILES string of the molecule is CCN(Cc1ccccc1F)C(=O)CNC(=O)OC(C)(C)C. The van der Waals surface area contributed by atoms with Crippen LogP contribution in [0.25, 0.3) is 0 Å². The first-order chi connectivity index (χ1) is 10.2. The van der Waals surface area contributed by atoms with Crippen molar-refractivity contribution < 1.29 is 18.7 Å². The van der Waals surface area contributed by atoms with Gasteiger partial charge in [-0.1, -0.05) is 18.2 Å². The van der Waals surface area contributed by atoms with E-state index in [1.807, 2.05) is 0 Å². The van der Waals surface area contributed by atoms with Crippen molar-refractivity contribution in [2.45, 2.75) is 39.8 Å². The Labute approximate surface area is 130 Å². The molecule has 0 fully saturated rings. The van der Waals surface area contributed by atoms with Crippen molar-refractivity contribution in [2.24, 2.45) is 0 Å². The van der Waals surface area contributed by atoms with E-state index in [0.29, 0.717) is 12.1 Å². The van der Waals surface area contributed by atoms with Crippen LogP contribution in [0.2, 0.25) is 0 Å². The van der Waals surface area contributed by atoms with Gasteiger partial charge in [0.05, 0.1) is 0 Å². The zero-order valence-electron chi connectivity index (χ0n) is 13.5. The summed E-state index contributed by atoms with van der Waals surface area (Å²) in [6.07, 6.45) is -0.650. The van der Waals surface area contributed by atoms with Gasteiger partial charge in [-0.15, -0.1) is 0 Å². The molecule has 0 aliphatic heterocycles. The maximum Gasteiger partial charge on any atom is 0.408 e. The third-order valence-corrected chi connectivity index (χ3v) is 2.84. The van der Waals surface area contributed by atoms with Crippen LogP contribution in [0, 0.1) is 5.82 Å². The molecule has 22 heavy (non-hydrogen) atoms. The molecule has 1 aromatic rings. The highest BCUT2D eigenvalue weighted by Crippen LogP contribution is 2.10. The number of benzene rings is 1. The highest BCUT2D eigenvalue weighted by atomic mass is 19.1. The second-order valence-corrected chi connectivity index (χ2v) is 5.85. The van der Waals surface area contributed by atoms with Crippen molar-refractivity contribution >= 4 is 12.0 Å². The van der Waals surface area contributed by atoms with Crippen molar-refractivity contribution in [3.63, 3.8) is 0 Å². The predicted molar refractivity (Wildman–Crippen MR) is 81.7 cm³/mol. The minimum absolute atomic E-state index is 0.165. The first kappa shape index (κ1) is 17.9. The number of rotatable bonds is 5. The average molecular weight is 310 g/mol. The Bertz CT molecular complexity index is 526. The van der Waals surface area contributed by atoms with E-state index in [9.17, 15) is 14.0 Å². The molecule has 0 spiro atoms. The van der Waals surface area contributed by atoms with Crippen LogP contribution in [0.5, 0.6) is 0 Å². The van der Waals surface area contributed by atoms with Gasteiger partial charge in [-0.05, 0) is 33.8 Å². The molecular formula is C16H23FN2O3. The van der Waals surface area contributed by atoms with Crippen LogP contribution in [0.1, 0.15) is 33.3 Å². The van der Waals surface area contributed by atoms with Crippen molar-refractivity contribution in [1.82, 2.24) is 10.2 Å². The molecular weight excluding hydrogens is 287 g/mol. The standard InChI is InChI=1S/C16H23FN2O3/c1-5-19(11-12-8-6-7-9-13(12)17)14(20)10-18-15(21)22-16(2,3)4/h6-9H,5,10-11H2,1-4H3,(H,18,21). The molecule has 0 aromatic heterocycles. The number of carbonyl (C=O) groups is 2. The van der Waals surface area contributed by atoms with Crippen LogP contribution in [-0.4, -0.2) is 35.6 Å². The van der Waals surface area contributed by atoms with Crippen molar-refractivity contribution in [3.8, 4) is 0 Å². The molecule has 5 nitrogen and oxygen atoms in total. The van der Waals surface area contributed by atoms with Gasteiger partial charge in [-0.25, -0.2) is 9.18 Å². The number of halogens is 1. The summed E-state index contributed by atoms with van der Waals surface area (Å²) in [6, 6.07) is 6.30. The largest absolute Gasteiger partial charge is 0.444 e. The first-order valence-corrected chi connectivity index (χ1v) is 7.21. The lowest BCUT2D eigenvalue weighted by atomic mass is 10.2. The predicted octanol–water partition coefficient (Wildman–Crippen LogP) is 2.70. The lowest BCUT2D eigenvalue weighted by molar-refractivity contribution is -0.130. The fraction of sp³-hybridized carbons (Fsp3) is 0.500. The molecule has 6 heteroatoms. The van der Waals surface area contributed by atoms with E-state index >= 15 is 0 Å². The van der Waals surface area contributed by atoms with Crippen LogP contribution in [0.4, 0.5) is 9.18 Å². The van der Waals surface area contributed by atoms with E-state index < -0.39 is 11.7 Å². The van der Waals surface area contributed by atoms with Crippen LogP contribution < -0.4 is 5.32 Å². The number of hydrogen-bond donors (Lipinski definition) is 1. The number of hydrogen-bond acceptors (Lipinski definition) is 3. The van der Waals surface area contributed by atoms with Crippen molar-refractivity contribution in [3.05, 3.63) is 35.6 Å². The molecule has 0 saturated heterocycles. The monoisotopic (exact) mass is 310 g/mol. The van der Waals surface area contributed by atoms with E-state index in [0.717, 1.165) is 0 Å². The second kappa shape index (κ2) is 7.77. The Morgan fingerprint density at radius 3 is 2.45 bits per heavy atom. The van der Waals surface area contributed by atoms with Gasteiger partial charge in [-0.2, -0.15) is 0 Å². The van der Waals surface area contributed by atoms with E-state index in [1.54, 1.807) is 45.9 Å². The summed E-state index contributed by atoms with van der Waals surface area (Å²) in [7, 11) is 0. The molecule has 0 bridgehead atoms. The van der Waals surface area contributed by atoms with Gasteiger partial charge < -0.3 is 15.0 Å². The minimum atomic E-state index is -0.650. The molecule has 0 atom stereocenters. The van der Waals surface area contributed by atoms with Gasteiger partial charge in [0.15, 0.2) is 0 Å². The summed E-state index contributed by atoms with van der Waals surface area (Å²) >= 11 is 0. The summed E-state index contributed by atoms with van der Waals surface area (Å²) in [6.45, 7) is 7.42. The first-order valence-electron chi connectivity index (χ1n) is 7.21. The van der Waals surface area contributed by atoms with E-state index in [2.05, 4.69) is 5.32 Å². The molecule has 1 aromatic carbocycles. The molecule has 0 saturated carbocycles. The Kier molecular flexibility index (Phi) is 6.34. The van der Waals surface area contributed by atoms with Gasteiger partial charge in [0.1, 0.15) is 18.0 Å². The molecule has 1 rings (SSSR count). The number of alkyl carbamates (subject to hydrolysis) is 1. The second-order valence-electron chi connectivity index (χ2n) is 5.85. The topological polar surface area (TPSA) is 58.6 Å². The maximum absolute atomic E-state index is 13.6. The molecule has 0 radical (unpaired) electrons. The number of nitrogens with zero attached hydrogens (tertiary/aromatic N) is 1. The summed E-state index contributed by atoms with van der Waals surface area (Å²) in [5.74, 6) is -0.648. The van der Waals surface area contributed by atoms with Gasteiger partial charge >= 0.3 is 6.09 Å². The maximum atomic E-state index is 13.6. The van der Waals surface area contributed by atoms with Crippen molar-refractivity contribution in [1.29, 1.82) is 0 Å². The quantitative estimate of drug-likeness (QED) is 0.909. The smallest absolute Gasteiger partial charge is 0.408 e. The molecule has 0 heterocycles. The zero-order chi connectivity index (χ0) is 16.8. The van der Waals surface area contributed by atoms with Crippen LogP contribution in [0.3, 0.4) is 0 Å².